The topological polar surface area (TPSA) is 87.2 Å². The van der Waals surface area contributed by atoms with Crippen LogP contribution in [0.25, 0.3) is 0 Å². The van der Waals surface area contributed by atoms with Gasteiger partial charge in [-0.15, -0.1) is 0 Å². The molecule has 1 atom stereocenters. The number of hydrogen-bond donors (Lipinski definition) is 0. The smallest absolute Gasteiger partial charge is 0.262 e. The van der Waals surface area contributed by atoms with E-state index in [0.717, 1.165) is 4.90 Å². The van der Waals surface area contributed by atoms with Crippen molar-refractivity contribution in [3.8, 4) is 5.75 Å². The molecule has 2 aliphatic heterocycles. The summed E-state index contributed by atoms with van der Waals surface area (Å²) in [6, 6.07) is 12.7. The number of piperazine rings is 1. The maximum absolute atomic E-state index is 13.5. The van der Waals surface area contributed by atoms with Crippen molar-refractivity contribution >= 4 is 23.6 Å². The highest BCUT2D eigenvalue weighted by atomic mass is 16.5. The zero-order chi connectivity index (χ0) is 24.4. The van der Waals surface area contributed by atoms with Crippen LogP contribution in [0.3, 0.4) is 0 Å². The van der Waals surface area contributed by atoms with Crippen molar-refractivity contribution in [2.24, 2.45) is 5.92 Å². The van der Waals surface area contributed by atoms with E-state index >= 15 is 0 Å². The number of hydrogen-bond acceptors (Lipinski definition) is 5. The molecule has 0 aliphatic carbocycles. The van der Waals surface area contributed by atoms with E-state index in [2.05, 4.69) is 0 Å². The Hall–Kier alpha value is -3.68. The van der Waals surface area contributed by atoms with E-state index in [4.69, 9.17) is 4.74 Å². The van der Waals surface area contributed by atoms with E-state index in [1.165, 1.54) is 0 Å². The van der Waals surface area contributed by atoms with E-state index < -0.39 is 17.9 Å². The van der Waals surface area contributed by atoms with Crippen LogP contribution >= 0.6 is 0 Å². The molecule has 2 aromatic carbocycles. The first kappa shape index (κ1) is 23.5. The standard InChI is InChI=1S/C26H29N3O5/c1-17(2)16-22(29-24(31)20-6-4-5-7-21(20)25(29)32)26(33)28-14-12-27(13-15-28)23(30)18-8-10-19(34-3)11-9-18/h4-11,17,22H,12-16H2,1-3H3. The van der Waals surface area contributed by atoms with Crippen LogP contribution in [0.15, 0.2) is 48.5 Å². The number of carbonyl (C=O) groups is 4. The molecule has 0 radical (unpaired) electrons. The number of ether oxygens (including phenoxy) is 1. The summed E-state index contributed by atoms with van der Waals surface area (Å²) >= 11 is 0. The second kappa shape index (κ2) is 9.67. The van der Waals surface area contributed by atoms with Crippen molar-refractivity contribution in [3.05, 3.63) is 65.2 Å². The van der Waals surface area contributed by atoms with Gasteiger partial charge in [0, 0.05) is 31.7 Å². The number of methoxy groups -OCH3 is 1. The average molecular weight is 464 g/mol. The Kier molecular flexibility index (Phi) is 6.68. The van der Waals surface area contributed by atoms with Gasteiger partial charge in [0.1, 0.15) is 11.8 Å². The Balaban J connectivity index is 1.46. The van der Waals surface area contributed by atoms with E-state index in [-0.39, 0.29) is 17.7 Å². The first-order valence-corrected chi connectivity index (χ1v) is 11.5. The fraction of sp³-hybridized carbons (Fsp3) is 0.385. The predicted molar refractivity (Wildman–Crippen MR) is 126 cm³/mol. The number of fused-ring (bicyclic) bond motifs is 1. The van der Waals surface area contributed by atoms with Crippen molar-refractivity contribution in [3.63, 3.8) is 0 Å². The average Bonchev–Trinajstić information content (AvgIpc) is 3.11. The minimum Gasteiger partial charge on any atom is -0.497 e. The number of imide groups is 1. The maximum Gasteiger partial charge on any atom is 0.262 e. The van der Waals surface area contributed by atoms with Gasteiger partial charge >= 0.3 is 0 Å². The van der Waals surface area contributed by atoms with Crippen LogP contribution in [0.2, 0.25) is 0 Å². The molecule has 0 aromatic heterocycles. The third-order valence-corrected chi connectivity index (χ3v) is 6.33. The summed E-state index contributed by atoms with van der Waals surface area (Å²) < 4.78 is 5.14. The van der Waals surface area contributed by atoms with Crippen molar-refractivity contribution in [1.82, 2.24) is 14.7 Å². The lowest BCUT2D eigenvalue weighted by atomic mass is 10.0. The minimum atomic E-state index is -0.865. The fourth-order valence-corrected chi connectivity index (χ4v) is 4.51. The Morgan fingerprint density at radius 1 is 0.853 bits per heavy atom. The Bertz CT molecular complexity index is 1070. The van der Waals surface area contributed by atoms with Gasteiger partial charge in [-0.25, -0.2) is 0 Å². The molecule has 2 aliphatic rings. The third-order valence-electron chi connectivity index (χ3n) is 6.33. The van der Waals surface area contributed by atoms with E-state index in [9.17, 15) is 19.2 Å². The first-order valence-electron chi connectivity index (χ1n) is 11.5. The highest BCUT2D eigenvalue weighted by molar-refractivity contribution is 6.22. The van der Waals surface area contributed by atoms with Gasteiger partial charge in [0.05, 0.1) is 18.2 Å². The largest absolute Gasteiger partial charge is 0.497 e. The number of amides is 4. The van der Waals surface area contributed by atoms with E-state index in [1.54, 1.807) is 65.4 Å². The van der Waals surface area contributed by atoms with Crippen molar-refractivity contribution in [2.75, 3.05) is 33.3 Å². The molecule has 2 heterocycles. The number of rotatable bonds is 6. The van der Waals surface area contributed by atoms with E-state index in [0.29, 0.717) is 55.0 Å². The summed E-state index contributed by atoms with van der Waals surface area (Å²) in [6.45, 7) is 5.38. The quantitative estimate of drug-likeness (QED) is 0.615. The molecule has 8 nitrogen and oxygen atoms in total. The molecular formula is C26H29N3O5. The van der Waals surface area contributed by atoms with Crippen LogP contribution in [0.5, 0.6) is 5.75 Å². The van der Waals surface area contributed by atoms with Crippen LogP contribution in [-0.4, -0.2) is 77.7 Å². The summed E-state index contributed by atoms with van der Waals surface area (Å²) in [6.07, 6.45) is 0.384. The van der Waals surface area contributed by atoms with Crippen molar-refractivity contribution in [1.29, 1.82) is 0 Å². The molecule has 1 saturated heterocycles. The SMILES string of the molecule is COc1ccc(C(=O)N2CCN(C(=O)C(CC(C)C)N3C(=O)c4ccccc4C3=O)CC2)cc1. The normalized spacial score (nSPS) is 16.6. The summed E-state index contributed by atoms with van der Waals surface area (Å²) in [4.78, 5) is 57.0. The number of nitrogens with zero attached hydrogens (tertiary/aromatic N) is 3. The number of carbonyl (C=O) groups excluding carboxylic acids is 4. The molecule has 0 N–H and O–H groups in total. The molecule has 0 spiro atoms. The zero-order valence-corrected chi connectivity index (χ0v) is 19.7. The Labute approximate surface area is 199 Å². The second-order valence-electron chi connectivity index (χ2n) is 9.02. The van der Waals surface area contributed by atoms with Crippen LogP contribution in [0, 0.1) is 5.92 Å². The molecule has 2 aromatic rings. The molecule has 178 valence electrons. The number of benzene rings is 2. The van der Waals surface area contributed by atoms with Gasteiger partial charge in [-0.05, 0) is 48.7 Å². The lowest BCUT2D eigenvalue weighted by Crippen LogP contribution is -2.57. The summed E-state index contributed by atoms with van der Waals surface area (Å²) in [5, 5.41) is 0. The summed E-state index contributed by atoms with van der Waals surface area (Å²) in [7, 11) is 1.57. The molecule has 34 heavy (non-hydrogen) atoms. The molecule has 1 fully saturated rings. The van der Waals surface area contributed by atoms with Crippen molar-refractivity contribution < 1.29 is 23.9 Å². The molecule has 0 bridgehead atoms. The molecule has 8 heteroatoms. The first-order chi connectivity index (χ1) is 16.3. The highest BCUT2D eigenvalue weighted by Crippen LogP contribution is 2.28. The fourth-order valence-electron chi connectivity index (χ4n) is 4.51. The lowest BCUT2D eigenvalue weighted by Gasteiger charge is -2.38. The monoisotopic (exact) mass is 463 g/mol. The van der Waals surface area contributed by atoms with Crippen LogP contribution < -0.4 is 4.74 Å². The summed E-state index contributed by atoms with van der Waals surface area (Å²) in [5.41, 5.74) is 1.23. The van der Waals surface area contributed by atoms with Gasteiger partial charge < -0.3 is 14.5 Å². The van der Waals surface area contributed by atoms with Gasteiger partial charge in [-0.2, -0.15) is 0 Å². The Morgan fingerprint density at radius 3 is 1.88 bits per heavy atom. The lowest BCUT2D eigenvalue weighted by molar-refractivity contribution is -0.137. The maximum atomic E-state index is 13.5. The predicted octanol–water partition coefficient (Wildman–Crippen LogP) is 2.69. The molecule has 1 unspecified atom stereocenters. The summed E-state index contributed by atoms with van der Waals surface area (Å²) in [5.74, 6) is -0.415. The van der Waals surface area contributed by atoms with Crippen molar-refractivity contribution in [2.45, 2.75) is 26.3 Å². The highest BCUT2D eigenvalue weighted by Gasteiger charge is 2.44. The molecule has 4 rings (SSSR count). The molecular weight excluding hydrogens is 434 g/mol. The van der Waals surface area contributed by atoms with Crippen LogP contribution in [0.4, 0.5) is 0 Å². The molecule has 4 amide bonds. The van der Waals surface area contributed by atoms with Gasteiger partial charge in [-0.3, -0.25) is 24.1 Å². The zero-order valence-electron chi connectivity index (χ0n) is 19.7. The second-order valence-corrected chi connectivity index (χ2v) is 9.02. The van der Waals surface area contributed by atoms with Crippen LogP contribution in [0.1, 0.15) is 51.3 Å². The van der Waals surface area contributed by atoms with E-state index in [1.807, 2.05) is 13.8 Å². The van der Waals surface area contributed by atoms with Gasteiger partial charge in [0.15, 0.2) is 0 Å². The Morgan fingerprint density at radius 2 is 1.38 bits per heavy atom. The third kappa shape index (κ3) is 4.40. The molecule has 0 saturated carbocycles. The van der Waals surface area contributed by atoms with Gasteiger partial charge in [0.25, 0.3) is 17.7 Å². The van der Waals surface area contributed by atoms with Gasteiger partial charge in [-0.1, -0.05) is 26.0 Å². The van der Waals surface area contributed by atoms with Crippen LogP contribution in [-0.2, 0) is 4.79 Å². The minimum absolute atomic E-state index is 0.103. The van der Waals surface area contributed by atoms with Gasteiger partial charge in [0.2, 0.25) is 5.91 Å².